The van der Waals surface area contributed by atoms with Crippen molar-refractivity contribution in [1.29, 1.82) is 0 Å². The molecular formula is C23H25N5O. The van der Waals surface area contributed by atoms with E-state index in [1.54, 1.807) is 0 Å². The Morgan fingerprint density at radius 2 is 1.97 bits per heavy atom. The number of piperidine rings is 1. The predicted molar refractivity (Wildman–Crippen MR) is 112 cm³/mol. The summed E-state index contributed by atoms with van der Waals surface area (Å²) in [6, 6.07) is 14.7. The zero-order valence-corrected chi connectivity index (χ0v) is 16.9. The Hall–Kier alpha value is -2.99. The molecule has 1 aliphatic heterocycles. The van der Waals surface area contributed by atoms with E-state index >= 15 is 0 Å². The molecule has 0 aliphatic carbocycles. The summed E-state index contributed by atoms with van der Waals surface area (Å²) in [7, 11) is 0. The van der Waals surface area contributed by atoms with E-state index < -0.39 is 0 Å². The van der Waals surface area contributed by atoms with Crippen LogP contribution in [0, 0.1) is 13.8 Å². The molecule has 29 heavy (non-hydrogen) atoms. The Bertz CT molecular complexity index is 1130. The van der Waals surface area contributed by atoms with E-state index in [1.807, 2.05) is 36.7 Å². The smallest absolute Gasteiger partial charge is 0.170 e. The Kier molecular flexibility index (Phi) is 4.64. The van der Waals surface area contributed by atoms with Crippen molar-refractivity contribution in [2.45, 2.75) is 39.2 Å². The number of benzene rings is 1. The highest BCUT2D eigenvalue weighted by atomic mass is 16.5. The molecule has 1 atom stereocenters. The summed E-state index contributed by atoms with van der Waals surface area (Å²) in [5.74, 6) is 1.12. The highest BCUT2D eigenvalue weighted by Crippen LogP contribution is 2.35. The van der Waals surface area contributed by atoms with Crippen molar-refractivity contribution in [3.05, 3.63) is 71.3 Å². The number of aromatic nitrogens is 4. The number of likely N-dealkylation sites (tertiary alicyclic amines) is 1. The molecule has 0 N–H and O–H groups in total. The summed E-state index contributed by atoms with van der Waals surface area (Å²) >= 11 is 0. The van der Waals surface area contributed by atoms with Crippen molar-refractivity contribution in [1.82, 2.24) is 24.7 Å². The minimum atomic E-state index is 0.359. The lowest BCUT2D eigenvalue weighted by Gasteiger charge is -2.33. The van der Waals surface area contributed by atoms with E-state index in [4.69, 9.17) is 9.62 Å². The Morgan fingerprint density at radius 3 is 2.76 bits per heavy atom. The highest BCUT2D eigenvalue weighted by Gasteiger charge is 2.28. The summed E-state index contributed by atoms with van der Waals surface area (Å²) in [5, 5.41) is 8.86. The average Bonchev–Trinajstić information content (AvgIpc) is 3.32. The topological polar surface area (TPSA) is 59.5 Å². The van der Waals surface area contributed by atoms with Crippen LogP contribution in [-0.4, -0.2) is 37.7 Å². The number of fused-ring (bicyclic) bond motifs is 1. The van der Waals surface area contributed by atoms with Crippen LogP contribution in [0.1, 0.15) is 41.4 Å². The first kappa shape index (κ1) is 18.1. The zero-order chi connectivity index (χ0) is 19.8. The Labute approximate surface area is 170 Å². The molecule has 4 aromatic rings. The van der Waals surface area contributed by atoms with Crippen molar-refractivity contribution < 1.29 is 4.52 Å². The van der Waals surface area contributed by atoms with E-state index in [0.717, 1.165) is 60.8 Å². The van der Waals surface area contributed by atoms with Gasteiger partial charge in [-0.25, -0.2) is 9.50 Å². The molecule has 1 aliphatic rings. The molecule has 0 unspecified atom stereocenters. The van der Waals surface area contributed by atoms with Crippen LogP contribution in [0.5, 0.6) is 0 Å². The average molecular weight is 387 g/mol. The number of aryl methyl sites for hydroxylation is 2. The molecule has 5 rings (SSSR count). The van der Waals surface area contributed by atoms with Gasteiger partial charge >= 0.3 is 0 Å². The van der Waals surface area contributed by atoms with Gasteiger partial charge in [0.05, 0.1) is 22.6 Å². The summed E-state index contributed by atoms with van der Waals surface area (Å²) in [6.07, 6.45) is 4.21. The van der Waals surface area contributed by atoms with Crippen LogP contribution in [-0.2, 0) is 6.54 Å². The van der Waals surface area contributed by atoms with Crippen molar-refractivity contribution in [3.63, 3.8) is 0 Å². The lowest BCUT2D eigenvalue weighted by Crippen LogP contribution is -2.34. The maximum atomic E-state index is 5.62. The molecule has 1 fully saturated rings. The molecule has 6 nitrogen and oxygen atoms in total. The fourth-order valence-corrected chi connectivity index (χ4v) is 4.40. The monoisotopic (exact) mass is 387 g/mol. The number of hydrogen-bond donors (Lipinski definition) is 0. The molecule has 4 heterocycles. The first-order chi connectivity index (χ1) is 14.2. The van der Waals surface area contributed by atoms with Gasteiger partial charge in [-0.05, 0) is 38.8 Å². The first-order valence-corrected chi connectivity index (χ1v) is 10.2. The van der Waals surface area contributed by atoms with Crippen LogP contribution in [0.4, 0.5) is 0 Å². The summed E-state index contributed by atoms with van der Waals surface area (Å²) < 4.78 is 7.63. The third-order valence-electron chi connectivity index (χ3n) is 5.68. The molecule has 3 aromatic heterocycles. The standard InChI is InChI=1S/C23H25N5O/c1-16-12-22-24-13-20(21-11-17(2)26-29-21)23(28(22)25-16)19-9-6-10-27(15-19)14-18-7-4-3-5-8-18/h3-5,7-8,11-13,19H,6,9-10,14-15H2,1-2H3/t19-/m0/s1. The summed E-state index contributed by atoms with van der Waals surface area (Å²) in [5.41, 5.74) is 6.26. The van der Waals surface area contributed by atoms with Crippen LogP contribution >= 0.6 is 0 Å². The van der Waals surface area contributed by atoms with Crippen LogP contribution < -0.4 is 0 Å². The SMILES string of the molecule is Cc1cc(-c2cnc3cc(C)nn3c2[C@H]2CCCN(Cc3ccccc3)C2)on1. The van der Waals surface area contributed by atoms with Crippen molar-refractivity contribution in [3.8, 4) is 11.3 Å². The van der Waals surface area contributed by atoms with Gasteiger partial charge in [-0.3, -0.25) is 4.90 Å². The van der Waals surface area contributed by atoms with Crippen LogP contribution in [0.3, 0.4) is 0 Å². The molecule has 0 amide bonds. The largest absolute Gasteiger partial charge is 0.356 e. The van der Waals surface area contributed by atoms with Gasteiger partial charge in [0.15, 0.2) is 11.4 Å². The molecule has 1 saturated heterocycles. The Morgan fingerprint density at radius 1 is 1.10 bits per heavy atom. The van der Waals surface area contributed by atoms with Crippen LogP contribution in [0.15, 0.2) is 53.2 Å². The van der Waals surface area contributed by atoms with Crippen LogP contribution in [0.2, 0.25) is 0 Å². The fourth-order valence-electron chi connectivity index (χ4n) is 4.40. The molecule has 0 spiro atoms. The second kappa shape index (κ2) is 7.44. The molecule has 1 aromatic carbocycles. The predicted octanol–water partition coefficient (Wildman–Crippen LogP) is 4.38. The van der Waals surface area contributed by atoms with Gasteiger partial charge in [0, 0.05) is 37.3 Å². The molecule has 6 heteroatoms. The zero-order valence-electron chi connectivity index (χ0n) is 16.9. The van der Waals surface area contributed by atoms with Gasteiger partial charge in [-0.15, -0.1) is 0 Å². The normalized spacial score (nSPS) is 17.8. The van der Waals surface area contributed by atoms with Gasteiger partial charge in [-0.2, -0.15) is 5.10 Å². The Balaban J connectivity index is 1.54. The lowest BCUT2D eigenvalue weighted by atomic mass is 9.91. The second-order valence-electron chi connectivity index (χ2n) is 8.01. The first-order valence-electron chi connectivity index (χ1n) is 10.2. The number of nitrogens with zero attached hydrogens (tertiary/aromatic N) is 5. The van der Waals surface area contributed by atoms with E-state index in [-0.39, 0.29) is 0 Å². The minimum absolute atomic E-state index is 0.359. The molecule has 0 saturated carbocycles. The summed E-state index contributed by atoms with van der Waals surface area (Å²) in [4.78, 5) is 7.17. The molecular weight excluding hydrogens is 362 g/mol. The number of rotatable bonds is 4. The second-order valence-corrected chi connectivity index (χ2v) is 8.01. The van der Waals surface area contributed by atoms with Gasteiger partial charge in [0.25, 0.3) is 0 Å². The molecule has 0 bridgehead atoms. The fraction of sp³-hybridized carbons (Fsp3) is 0.348. The van der Waals surface area contributed by atoms with Crippen molar-refractivity contribution in [2.24, 2.45) is 0 Å². The summed E-state index contributed by atoms with van der Waals surface area (Å²) in [6.45, 7) is 7.04. The third kappa shape index (κ3) is 3.56. The van der Waals surface area contributed by atoms with Gasteiger partial charge in [-0.1, -0.05) is 35.5 Å². The van der Waals surface area contributed by atoms with Gasteiger partial charge in [0.2, 0.25) is 0 Å². The lowest BCUT2D eigenvalue weighted by molar-refractivity contribution is 0.197. The number of hydrogen-bond acceptors (Lipinski definition) is 5. The third-order valence-corrected chi connectivity index (χ3v) is 5.68. The van der Waals surface area contributed by atoms with E-state index in [1.165, 1.54) is 11.3 Å². The minimum Gasteiger partial charge on any atom is -0.356 e. The van der Waals surface area contributed by atoms with E-state index in [9.17, 15) is 0 Å². The quantitative estimate of drug-likeness (QED) is 0.520. The van der Waals surface area contributed by atoms with Crippen LogP contribution in [0.25, 0.3) is 17.0 Å². The maximum absolute atomic E-state index is 5.62. The molecule has 148 valence electrons. The van der Waals surface area contributed by atoms with Crippen molar-refractivity contribution in [2.75, 3.05) is 13.1 Å². The van der Waals surface area contributed by atoms with E-state index in [0.29, 0.717) is 5.92 Å². The molecule has 0 radical (unpaired) electrons. The maximum Gasteiger partial charge on any atom is 0.170 e. The van der Waals surface area contributed by atoms with Crippen molar-refractivity contribution >= 4 is 5.65 Å². The van der Waals surface area contributed by atoms with Gasteiger partial charge in [0.1, 0.15) is 0 Å². The van der Waals surface area contributed by atoms with E-state index in [2.05, 4.69) is 45.4 Å². The highest BCUT2D eigenvalue weighted by molar-refractivity contribution is 5.63. The van der Waals surface area contributed by atoms with Gasteiger partial charge < -0.3 is 4.52 Å².